The number of benzene rings is 1. The average Bonchev–Trinajstić information content (AvgIpc) is 2.74. The minimum absolute atomic E-state index is 0.0232. The van der Waals surface area contributed by atoms with Gasteiger partial charge in [0.2, 0.25) is 0 Å². The maximum Gasteiger partial charge on any atom is 0.192 e. The number of rotatable bonds is 7. The third-order valence-corrected chi connectivity index (χ3v) is 7.20. The number of aliphatic hydroxyl groups is 1. The summed E-state index contributed by atoms with van der Waals surface area (Å²) in [7, 11) is 1.62. The minimum Gasteiger partial charge on any atom is -0.496 e. The summed E-state index contributed by atoms with van der Waals surface area (Å²) in [5.41, 5.74) is 3.64. The van der Waals surface area contributed by atoms with E-state index in [-0.39, 0.29) is 12.4 Å². The zero-order valence-electron chi connectivity index (χ0n) is 17.9. The van der Waals surface area contributed by atoms with Crippen molar-refractivity contribution in [2.45, 2.75) is 50.7 Å². The molecular weight excluding hydrogens is 386 g/mol. The van der Waals surface area contributed by atoms with Crippen LogP contribution in [0.5, 0.6) is 5.75 Å². The first-order valence-corrected chi connectivity index (χ1v) is 11.4. The molecule has 3 atom stereocenters. The molecule has 5 nitrogen and oxygen atoms in total. The Morgan fingerprint density at radius 2 is 2.07 bits per heavy atom. The number of morpholine rings is 1. The van der Waals surface area contributed by atoms with Gasteiger partial charge in [-0.1, -0.05) is 18.1 Å². The van der Waals surface area contributed by atoms with Crippen molar-refractivity contribution in [1.29, 1.82) is 0 Å². The van der Waals surface area contributed by atoms with Gasteiger partial charge in [0.25, 0.3) is 0 Å². The molecule has 0 bridgehead atoms. The number of carbonyl (C=O) groups is 1. The Balaban J connectivity index is 1.73. The summed E-state index contributed by atoms with van der Waals surface area (Å²) in [6.07, 6.45) is 1.78. The highest BCUT2D eigenvalue weighted by Gasteiger charge is 2.35. The molecule has 1 fully saturated rings. The van der Waals surface area contributed by atoms with E-state index in [9.17, 15) is 4.79 Å². The molecule has 3 unspecified atom stereocenters. The van der Waals surface area contributed by atoms with Crippen molar-refractivity contribution in [3.63, 3.8) is 0 Å². The smallest absolute Gasteiger partial charge is 0.192 e. The number of ketones is 1. The van der Waals surface area contributed by atoms with E-state index in [1.807, 2.05) is 18.2 Å². The number of methoxy groups -OCH3 is 1. The lowest BCUT2D eigenvalue weighted by atomic mass is 9.81. The summed E-state index contributed by atoms with van der Waals surface area (Å²) in [4.78, 5) is 16.5. The summed E-state index contributed by atoms with van der Waals surface area (Å²) < 4.78 is 11.3. The molecule has 1 aromatic rings. The molecule has 1 heterocycles. The van der Waals surface area contributed by atoms with E-state index in [1.165, 1.54) is 22.9 Å². The molecule has 29 heavy (non-hydrogen) atoms. The van der Waals surface area contributed by atoms with Crippen LogP contribution in [0.2, 0.25) is 0 Å². The van der Waals surface area contributed by atoms with Gasteiger partial charge in [-0.05, 0) is 50.8 Å². The van der Waals surface area contributed by atoms with Crippen LogP contribution >= 0.6 is 11.8 Å². The average molecular weight is 420 g/mol. The van der Waals surface area contributed by atoms with Crippen molar-refractivity contribution in [1.82, 2.24) is 4.90 Å². The normalized spacial score (nSPS) is 25.9. The Morgan fingerprint density at radius 1 is 1.31 bits per heavy atom. The fourth-order valence-corrected chi connectivity index (χ4v) is 5.20. The molecule has 0 radical (unpaired) electrons. The van der Waals surface area contributed by atoms with E-state index in [0.29, 0.717) is 36.4 Å². The first kappa shape index (κ1) is 22.3. The second kappa shape index (κ2) is 10.1. The van der Waals surface area contributed by atoms with Gasteiger partial charge in [0.1, 0.15) is 11.9 Å². The molecule has 0 amide bonds. The summed E-state index contributed by atoms with van der Waals surface area (Å²) in [6, 6.07) is 5.98. The lowest BCUT2D eigenvalue weighted by Gasteiger charge is -2.43. The van der Waals surface area contributed by atoms with E-state index in [0.717, 1.165) is 30.0 Å². The lowest BCUT2D eigenvalue weighted by molar-refractivity contribution is -0.0386. The number of hydrogen-bond acceptors (Lipinski definition) is 6. The Labute approximate surface area is 178 Å². The second-order valence-electron chi connectivity index (χ2n) is 8.17. The number of allylic oxidation sites excluding steroid dienone is 1. The molecule has 0 spiro atoms. The molecule has 0 saturated carbocycles. The summed E-state index contributed by atoms with van der Waals surface area (Å²) >= 11 is 1.49. The van der Waals surface area contributed by atoms with Gasteiger partial charge < -0.3 is 14.6 Å². The predicted octanol–water partition coefficient (Wildman–Crippen LogP) is 3.80. The van der Waals surface area contributed by atoms with Crippen molar-refractivity contribution in [3.8, 4) is 5.75 Å². The highest BCUT2D eigenvalue weighted by Crippen LogP contribution is 2.34. The van der Waals surface area contributed by atoms with Crippen LogP contribution in [-0.2, 0) is 4.74 Å². The number of aliphatic hydroxyl groups excluding tert-OH is 1. The standard InChI is InChI=1S/C23H33NO4S/c1-15-11-17(3)19(12-16(15)2)24-7-9-28-21(14-24)23(26)18-5-6-20(27-4)22(13-18)29-10-8-25/h5-6,13,17,19,21,25H,7-12,14H2,1-4H3. The summed E-state index contributed by atoms with van der Waals surface area (Å²) in [5.74, 6) is 1.90. The Hall–Kier alpha value is -1.34. The minimum atomic E-state index is -0.438. The molecule has 1 aliphatic heterocycles. The molecule has 1 saturated heterocycles. The fraction of sp³-hybridized carbons (Fsp3) is 0.609. The van der Waals surface area contributed by atoms with Gasteiger partial charge in [-0.15, -0.1) is 11.8 Å². The van der Waals surface area contributed by atoms with Crippen LogP contribution in [0, 0.1) is 5.92 Å². The first-order valence-electron chi connectivity index (χ1n) is 10.4. The third kappa shape index (κ3) is 5.23. The van der Waals surface area contributed by atoms with Gasteiger partial charge in [0.15, 0.2) is 5.78 Å². The van der Waals surface area contributed by atoms with E-state index >= 15 is 0 Å². The van der Waals surface area contributed by atoms with Crippen molar-refractivity contribution < 1.29 is 19.4 Å². The SMILES string of the molecule is COc1ccc(C(=O)C2CN(C3CC(C)=C(C)CC3C)CCO2)cc1SCCO. The monoisotopic (exact) mass is 419 g/mol. The van der Waals surface area contributed by atoms with Crippen molar-refractivity contribution in [2.75, 3.05) is 39.2 Å². The van der Waals surface area contributed by atoms with Gasteiger partial charge in [0, 0.05) is 30.4 Å². The molecule has 1 aliphatic carbocycles. The number of ether oxygens (including phenoxy) is 2. The predicted molar refractivity (Wildman–Crippen MR) is 117 cm³/mol. The van der Waals surface area contributed by atoms with Crippen molar-refractivity contribution in [3.05, 3.63) is 34.9 Å². The molecule has 1 N–H and O–H groups in total. The Morgan fingerprint density at radius 3 is 2.79 bits per heavy atom. The molecule has 160 valence electrons. The largest absolute Gasteiger partial charge is 0.496 e. The topological polar surface area (TPSA) is 59.0 Å². The van der Waals surface area contributed by atoms with Crippen LogP contribution in [0.1, 0.15) is 44.0 Å². The van der Waals surface area contributed by atoms with E-state index in [1.54, 1.807) is 7.11 Å². The number of hydrogen-bond donors (Lipinski definition) is 1. The van der Waals surface area contributed by atoms with E-state index in [4.69, 9.17) is 14.6 Å². The van der Waals surface area contributed by atoms with Crippen LogP contribution in [0.25, 0.3) is 0 Å². The molecule has 0 aromatic heterocycles. The lowest BCUT2D eigenvalue weighted by Crippen LogP contribution is -2.52. The van der Waals surface area contributed by atoms with Crippen LogP contribution in [0.4, 0.5) is 0 Å². The van der Waals surface area contributed by atoms with Crippen molar-refractivity contribution in [2.24, 2.45) is 5.92 Å². The van der Waals surface area contributed by atoms with Crippen LogP contribution in [0.3, 0.4) is 0 Å². The highest BCUT2D eigenvalue weighted by atomic mass is 32.2. The zero-order valence-corrected chi connectivity index (χ0v) is 18.8. The molecule has 1 aromatic carbocycles. The highest BCUT2D eigenvalue weighted by molar-refractivity contribution is 7.99. The van der Waals surface area contributed by atoms with Gasteiger partial charge in [0.05, 0.1) is 25.2 Å². The molecule has 6 heteroatoms. The zero-order chi connectivity index (χ0) is 21.0. The first-order chi connectivity index (χ1) is 13.9. The van der Waals surface area contributed by atoms with E-state index in [2.05, 4.69) is 25.7 Å². The number of nitrogens with zero attached hydrogens (tertiary/aromatic N) is 1. The number of carbonyl (C=O) groups excluding carboxylic acids is 1. The van der Waals surface area contributed by atoms with E-state index < -0.39 is 6.10 Å². The number of thioether (sulfide) groups is 1. The van der Waals surface area contributed by atoms with Gasteiger partial charge >= 0.3 is 0 Å². The van der Waals surface area contributed by atoms with Crippen LogP contribution < -0.4 is 4.74 Å². The molecule has 3 rings (SSSR count). The summed E-state index contributed by atoms with van der Waals surface area (Å²) in [5, 5.41) is 9.13. The second-order valence-corrected chi connectivity index (χ2v) is 9.31. The maximum absolute atomic E-state index is 13.2. The van der Waals surface area contributed by atoms with Gasteiger partial charge in [-0.25, -0.2) is 0 Å². The Bertz CT molecular complexity index is 763. The van der Waals surface area contributed by atoms with Gasteiger partial charge in [-0.2, -0.15) is 0 Å². The fourth-order valence-electron chi connectivity index (χ4n) is 4.38. The molecular formula is C23H33NO4S. The summed E-state index contributed by atoms with van der Waals surface area (Å²) in [6.45, 7) is 8.99. The van der Waals surface area contributed by atoms with Crippen LogP contribution in [0.15, 0.2) is 34.2 Å². The number of Topliss-reactive ketones (excluding diaryl/α,β-unsaturated/α-hetero) is 1. The van der Waals surface area contributed by atoms with Gasteiger partial charge in [-0.3, -0.25) is 9.69 Å². The quantitative estimate of drug-likeness (QED) is 0.412. The third-order valence-electron chi connectivity index (χ3n) is 6.19. The van der Waals surface area contributed by atoms with Crippen molar-refractivity contribution >= 4 is 17.5 Å². The maximum atomic E-state index is 13.2. The van der Waals surface area contributed by atoms with Crippen LogP contribution in [-0.4, -0.2) is 67.1 Å². The molecule has 2 aliphatic rings. The Kier molecular flexibility index (Phi) is 7.79.